The zero-order valence-corrected chi connectivity index (χ0v) is 13.8. The molecule has 0 radical (unpaired) electrons. The van der Waals surface area contributed by atoms with E-state index in [0.29, 0.717) is 22.3 Å². The van der Waals surface area contributed by atoms with E-state index < -0.39 is 5.82 Å². The zero-order chi connectivity index (χ0) is 15.6. The third kappa shape index (κ3) is 3.57. The number of nitrogens with zero attached hydrogens (tertiary/aromatic N) is 3. The fraction of sp³-hybridized carbons (Fsp3) is 0.333. The quantitative estimate of drug-likeness (QED) is 0.775. The van der Waals surface area contributed by atoms with Crippen LogP contribution in [0.2, 0.25) is 0 Å². The van der Waals surface area contributed by atoms with E-state index in [9.17, 15) is 9.18 Å². The molecule has 1 aromatic heterocycles. The fourth-order valence-corrected chi connectivity index (χ4v) is 2.50. The lowest BCUT2D eigenvalue weighted by Crippen LogP contribution is -2.22. The van der Waals surface area contributed by atoms with Crippen LogP contribution in [0.3, 0.4) is 0 Å². The first-order chi connectivity index (χ1) is 9.90. The second-order valence-electron chi connectivity index (χ2n) is 5.16. The smallest absolute Gasteiger partial charge is 0.212 e. The van der Waals surface area contributed by atoms with Crippen molar-refractivity contribution in [3.63, 3.8) is 0 Å². The number of likely N-dealkylation sites (N-methyl/N-ethyl adjacent to an activating group) is 1. The average Bonchev–Trinajstić information content (AvgIpc) is 2.79. The molecule has 2 aromatic rings. The molecule has 6 heteroatoms. The fourth-order valence-electron chi connectivity index (χ4n) is 2.02. The van der Waals surface area contributed by atoms with E-state index in [-0.39, 0.29) is 5.78 Å². The number of benzene rings is 1. The van der Waals surface area contributed by atoms with Gasteiger partial charge in [-0.2, -0.15) is 5.10 Å². The molecule has 112 valence electrons. The monoisotopic (exact) mass is 353 g/mol. The maximum Gasteiger partial charge on any atom is 0.212 e. The van der Waals surface area contributed by atoms with E-state index in [0.717, 1.165) is 12.1 Å². The van der Waals surface area contributed by atoms with Gasteiger partial charge >= 0.3 is 0 Å². The lowest BCUT2D eigenvalue weighted by Gasteiger charge is -2.12. The second-order valence-corrected chi connectivity index (χ2v) is 6.01. The summed E-state index contributed by atoms with van der Waals surface area (Å²) in [5.74, 6) is -0.644. The predicted octanol–water partition coefficient (Wildman–Crippen LogP) is 2.89. The standard InChI is InChI=1S/C15H17BrFN3O/c1-10-4-5-11(17)8-12(10)15(21)14-13(16)9-18-20(14)7-6-19(2)3/h4-5,8-9H,6-7H2,1-3H3. The molecule has 2 rings (SSSR count). The largest absolute Gasteiger partial charge is 0.308 e. The Balaban J connectivity index is 2.39. The summed E-state index contributed by atoms with van der Waals surface area (Å²) in [6.45, 7) is 3.14. The van der Waals surface area contributed by atoms with E-state index in [1.54, 1.807) is 23.9 Å². The first-order valence-electron chi connectivity index (χ1n) is 6.57. The molecule has 0 fully saturated rings. The third-order valence-corrected chi connectivity index (χ3v) is 3.79. The Kier molecular flexibility index (Phi) is 4.90. The lowest BCUT2D eigenvalue weighted by molar-refractivity contribution is 0.102. The van der Waals surface area contributed by atoms with Gasteiger partial charge in [0.1, 0.15) is 11.5 Å². The Morgan fingerprint density at radius 2 is 2.14 bits per heavy atom. The highest BCUT2D eigenvalue weighted by molar-refractivity contribution is 9.10. The van der Waals surface area contributed by atoms with Crippen molar-refractivity contribution in [3.8, 4) is 0 Å². The molecule has 0 saturated heterocycles. The Hall–Kier alpha value is -1.53. The number of aromatic nitrogens is 2. The summed E-state index contributed by atoms with van der Waals surface area (Å²) in [7, 11) is 3.91. The number of halogens is 2. The molecule has 1 aromatic carbocycles. The maximum atomic E-state index is 13.4. The van der Waals surface area contributed by atoms with Crippen LogP contribution in [0.15, 0.2) is 28.9 Å². The summed E-state index contributed by atoms with van der Waals surface area (Å²) in [5.41, 5.74) is 1.56. The van der Waals surface area contributed by atoms with Crippen LogP contribution >= 0.6 is 15.9 Å². The molecule has 0 N–H and O–H groups in total. The highest BCUT2D eigenvalue weighted by atomic mass is 79.9. The van der Waals surface area contributed by atoms with Crippen LogP contribution in [-0.2, 0) is 6.54 Å². The van der Waals surface area contributed by atoms with Crippen LogP contribution in [0.1, 0.15) is 21.6 Å². The SMILES string of the molecule is Cc1ccc(F)cc1C(=O)c1c(Br)cnn1CCN(C)C. The number of rotatable bonds is 5. The van der Waals surface area contributed by atoms with Crippen molar-refractivity contribution in [2.45, 2.75) is 13.5 Å². The number of aryl methyl sites for hydroxylation is 1. The predicted molar refractivity (Wildman–Crippen MR) is 83.1 cm³/mol. The Bertz CT molecular complexity index is 667. The van der Waals surface area contributed by atoms with Crippen molar-refractivity contribution < 1.29 is 9.18 Å². The third-order valence-electron chi connectivity index (χ3n) is 3.21. The van der Waals surface area contributed by atoms with Gasteiger partial charge in [-0.25, -0.2) is 4.39 Å². The van der Waals surface area contributed by atoms with E-state index in [1.165, 1.54) is 12.1 Å². The van der Waals surface area contributed by atoms with Crippen molar-refractivity contribution in [2.75, 3.05) is 20.6 Å². The lowest BCUT2D eigenvalue weighted by atomic mass is 10.0. The molecule has 0 amide bonds. The molecule has 0 aliphatic heterocycles. The number of ketones is 1. The van der Waals surface area contributed by atoms with Gasteiger partial charge in [0.15, 0.2) is 0 Å². The molecule has 0 aliphatic rings. The minimum Gasteiger partial charge on any atom is -0.308 e. The molecule has 0 aliphatic carbocycles. The van der Waals surface area contributed by atoms with E-state index >= 15 is 0 Å². The van der Waals surface area contributed by atoms with Crippen molar-refractivity contribution in [1.82, 2.24) is 14.7 Å². The molecule has 4 nitrogen and oxygen atoms in total. The van der Waals surface area contributed by atoms with Gasteiger partial charge in [0.25, 0.3) is 0 Å². The maximum absolute atomic E-state index is 13.4. The Labute approximate surface area is 131 Å². The van der Waals surface area contributed by atoms with Gasteiger partial charge in [-0.1, -0.05) is 6.07 Å². The van der Waals surface area contributed by atoms with Crippen LogP contribution < -0.4 is 0 Å². The van der Waals surface area contributed by atoms with E-state index in [4.69, 9.17) is 0 Å². The van der Waals surface area contributed by atoms with Crippen LogP contribution in [0.25, 0.3) is 0 Å². The zero-order valence-electron chi connectivity index (χ0n) is 12.2. The number of hydrogen-bond acceptors (Lipinski definition) is 3. The molecule has 0 bridgehead atoms. The van der Waals surface area contributed by atoms with Crippen LogP contribution in [-0.4, -0.2) is 41.1 Å². The van der Waals surface area contributed by atoms with Crippen molar-refractivity contribution in [2.24, 2.45) is 0 Å². The first-order valence-corrected chi connectivity index (χ1v) is 7.36. The molecule has 0 unspecified atom stereocenters. The minimum absolute atomic E-state index is 0.227. The van der Waals surface area contributed by atoms with Crippen LogP contribution in [0.5, 0.6) is 0 Å². The summed E-state index contributed by atoms with van der Waals surface area (Å²) in [4.78, 5) is 14.7. The van der Waals surface area contributed by atoms with Crippen molar-refractivity contribution >= 4 is 21.7 Å². The Morgan fingerprint density at radius 1 is 1.43 bits per heavy atom. The van der Waals surface area contributed by atoms with Crippen LogP contribution in [0.4, 0.5) is 4.39 Å². The highest BCUT2D eigenvalue weighted by Crippen LogP contribution is 2.22. The number of carbonyl (C=O) groups is 1. The van der Waals surface area contributed by atoms with E-state index in [1.807, 2.05) is 19.0 Å². The van der Waals surface area contributed by atoms with Gasteiger partial charge < -0.3 is 4.90 Å². The second kappa shape index (κ2) is 6.49. The number of carbonyl (C=O) groups excluding carboxylic acids is 1. The molecular formula is C15H17BrFN3O. The van der Waals surface area contributed by atoms with Gasteiger partial charge in [0.05, 0.1) is 17.2 Å². The topological polar surface area (TPSA) is 38.1 Å². The molecular weight excluding hydrogens is 337 g/mol. The molecule has 0 spiro atoms. The van der Waals surface area contributed by atoms with Gasteiger partial charge in [0, 0.05) is 12.1 Å². The average molecular weight is 354 g/mol. The van der Waals surface area contributed by atoms with Gasteiger partial charge in [-0.3, -0.25) is 9.48 Å². The minimum atomic E-state index is -0.417. The van der Waals surface area contributed by atoms with Gasteiger partial charge in [-0.05, 0) is 54.6 Å². The summed E-state index contributed by atoms with van der Waals surface area (Å²) < 4.78 is 15.7. The van der Waals surface area contributed by atoms with Crippen molar-refractivity contribution in [3.05, 3.63) is 51.5 Å². The summed E-state index contributed by atoms with van der Waals surface area (Å²) >= 11 is 3.35. The van der Waals surface area contributed by atoms with Crippen molar-refractivity contribution in [1.29, 1.82) is 0 Å². The van der Waals surface area contributed by atoms with Gasteiger partial charge in [0.2, 0.25) is 5.78 Å². The number of hydrogen-bond donors (Lipinski definition) is 0. The normalized spacial score (nSPS) is 11.1. The molecule has 1 heterocycles. The molecule has 0 saturated carbocycles. The summed E-state index contributed by atoms with van der Waals surface area (Å²) in [5, 5.41) is 4.21. The summed E-state index contributed by atoms with van der Waals surface area (Å²) in [6, 6.07) is 4.23. The Morgan fingerprint density at radius 3 is 2.81 bits per heavy atom. The highest BCUT2D eigenvalue weighted by Gasteiger charge is 2.20. The molecule has 0 atom stereocenters. The first kappa shape index (κ1) is 15.9. The molecule has 21 heavy (non-hydrogen) atoms. The van der Waals surface area contributed by atoms with E-state index in [2.05, 4.69) is 21.0 Å². The summed E-state index contributed by atoms with van der Waals surface area (Å²) in [6.07, 6.45) is 1.59. The van der Waals surface area contributed by atoms with Gasteiger partial charge in [-0.15, -0.1) is 0 Å². The van der Waals surface area contributed by atoms with Crippen LogP contribution in [0, 0.1) is 12.7 Å².